The van der Waals surface area contributed by atoms with Gasteiger partial charge in [-0.25, -0.2) is 0 Å². The normalized spacial score (nSPS) is 11.9. The number of hydrogen-bond donors (Lipinski definition) is 2. The van der Waals surface area contributed by atoms with Crippen molar-refractivity contribution in [3.63, 3.8) is 0 Å². The van der Waals surface area contributed by atoms with E-state index in [1.54, 1.807) is 20.4 Å². The number of ether oxygens (including phenoxy) is 2. The third-order valence-corrected chi connectivity index (χ3v) is 4.51. The number of aromatic nitrogens is 2. The minimum absolute atomic E-state index is 0. The number of halogens is 1. The molecule has 7 nitrogen and oxygen atoms in total. The number of nitrogens with one attached hydrogen (secondary N) is 2. The Hall–Kier alpha value is -2.75. The Morgan fingerprint density at radius 3 is 2.58 bits per heavy atom. The van der Waals surface area contributed by atoms with Crippen molar-refractivity contribution in [1.29, 1.82) is 0 Å². The molecule has 0 radical (unpaired) electrons. The van der Waals surface area contributed by atoms with E-state index in [2.05, 4.69) is 45.0 Å². The van der Waals surface area contributed by atoms with E-state index in [-0.39, 0.29) is 30.1 Å². The van der Waals surface area contributed by atoms with Crippen LogP contribution in [0.1, 0.15) is 18.1 Å². The average Bonchev–Trinajstić information content (AvgIpc) is 3.27. The summed E-state index contributed by atoms with van der Waals surface area (Å²) in [5.41, 5.74) is 2.39. The minimum atomic E-state index is -0.0342. The predicted octanol–water partition coefficient (Wildman–Crippen LogP) is 3.69. The first-order valence-electron chi connectivity index (χ1n) is 9.96. The summed E-state index contributed by atoms with van der Waals surface area (Å²) >= 11 is 0. The van der Waals surface area contributed by atoms with Gasteiger partial charge in [0.05, 0.1) is 20.2 Å². The first-order valence-corrected chi connectivity index (χ1v) is 9.96. The number of rotatable bonds is 9. The van der Waals surface area contributed by atoms with Crippen LogP contribution in [-0.4, -0.2) is 42.5 Å². The Bertz CT molecular complexity index is 947. The van der Waals surface area contributed by atoms with E-state index in [0.29, 0.717) is 13.1 Å². The summed E-state index contributed by atoms with van der Waals surface area (Å²) in [5.74, 6) is 2.29. The Balaban J connectivity index is 0.00000341. The van der Waals surface area contributed by atoms with Gasteiger partial charge in [-0.1, -0.05) is 30.3 Å². The molecule has 2 N–H and O–H groups in total. The summed E-state index contributed by atoms with van der Waals surface area (Å²) in [6.45, 7) is 4.07. The second kappa shape index (κ2) is 12.8. The first-order chi connectivity index (χ1) is 14.7. The van der Waals surface area contributed by atoms with Crippen LogP contribution in [0.4, 0.5) is 0 Å². The van der Waals surface area contributed by atoms with E-state index >= 15 is 0 Å². The molecule has 0 aliphatic carbocycles. The lowest BCUT2D eigenvalue weighted by Gasteiger charge is -2.18. The zero-order chi connectivity index (χ0) is 21.2. The molecule has 1 heterocycles. The highest BCUT2D eigenvalue weighted by Gasteiger charge is 2.07. The lowest BCUT2D eigenvalue weighted by molar-refractivity contribution is 0.223. The van der Waals surface area contributed by atoms with Gasteiger partial charge >= 0.3 is 0 Å². The molecule has 1 atom stereocenters. The van der Waals surface area contributed by atoms with Crippen molar-refractivity contribution in [1.82, 2.24) is 20.4 Å². The maximum Gasteiger partial charge on any atom is 0.191 e. The van der Waals surface area contributed by atoms with Crippen LogP contribution in [-0.2, 0) is 13.1 Å². The van der Waals surface area contributed by atoms with Gasteiger partial charge in [-0.15, -0.1) is 24.0 Å². The van der Waals surface area contributed by atoms with E-state index in [4.69, 9.17) is 9.47 Å². The summed E-state index contributed by atoms with van der Waals surface area (Å²) in [6.07, 6.45) is 3.72. The van der Waals surface area contributed by atoms with Crippen molar-refractivity contribution in [3.8, 4) is 11.5 Å². The van der Waals surface area contributed by atoms with E-state index < -0.39 is 0 Å². The molecule has 8 heteroatoms. The molecule has 0 aliphatic heterocycles. The van der Waals surface area contributed by atoms with Gasteiger partial charge in [0.15, 0.2) is 5.96 Å². The van der Waals surface area contributed by atoms with Crippen LogP contribution in [0, 0.1) is 0 Å². The maximum absolute atomic E-state index is 5.95. The van der Waals surface area contributed by atoms with Gasteiger partial charge in [0.25, 0.3) is 0 Å². The van der Waals surface area contributed by atoms with Gasteiger partial charge in [0.2, 0.25) is 0 Å². The Labute approximate surface area is 200 Å². The lowest BCUT2D eigenvalue weighted by Crippen LogP contribution is -2.41. The second-order valence-electron chi connectivity index (χ2n) is 6.94. The van der Waals surface area contributed by atoms with Crippen molar-refractivity contribution in [2.24, 2.45) is 4.99 Å². The molecule has 3 aromatic rings. The molecule has 0 amide bonds. The van der Waals surface area contributed by atoms with Gasteiger partial charge in [0, 0.05) is 32.1 Å². The number of hydrogen-bond acceptors (Lipinski definition) is 4. The predicted molar refractivity (Wildman–Crippen MR) is 134 cm³/mol. The van der Waals surface area contributed by atoms with E-state index in [0.717, 1.165) is 24.0 Å². The van der Waals surface area contributed by atoms with Crippen molar-refractivity contribution in [2.75, 3.05) is 20.7 Å². The van der Waals surface area contributed by atoms with Crippen LogP contribution in [0.3, 0.4) is 0 Å². The highest BCUT2D eigenvalue weighted by atomic mass is 127. The van der Waals surface area contributed by atoms with Crippen LogP contribution in [0.5, 0.6) is 11.5 Å². The van der Waals surface area contributed by atoms with Crippen LogP contribution >= 0.6 is 24.0 Å². The molecule has 0 fully saturated rings. The summed E-state index contributed by atoms with van der Waals surface area (Å²) in [5, 5.41) is 10.9. The first kappa shape index (κ1) is 24.5. The molecule has 0 saturated carbocycles. The Morgan fingerprint density at radius 2 is 1.84 bits per heavy atom. The largest absolute Gasteiger partial charge is 0.497 e. The fraction of sp³-hybridized carbons (Fsp3) is 0.304. The monoisotopic (exact) mass is 535 g/mol. The number of nitrogens with zero attached hydrogens (tertiary/aromatic N) is 3. The molecular formula is C23H30IN5O2. The van der Waals surface area contributed by atoms with Crippen LogP contribution < -0.4 is 20.1 Å². The van der Waals surface area contributed by atoms with Gasteiger partial charge in [-0.2, -0.15) is 5.10 Å². The quantitative estimate of drug-likeness (QED) is 0.249. The van der Waals surface area contributed by atoms with Gasteiger partial charge in [-0.05, 0) is 36.2 Å². The van der Waals surface area contributed by atoms with Crippen LogP contribution in [0.15, 0.2) is 72.0 Å². The SMILES string of the molecule is CN=C(NCc1cccc(Cn2cccn2)c1)NCC(C)Oc1cccc(OC)c1.I. The van der Waals surface area contributed by atoms with Gasteiger partial charge < -0.3 is 20.1 Å². The Morgan fingerprint density at radius 1 is 1.06 bits per heavy atom. The molecule has 0 spiro atoms. The lowest BCUT2D eigenvalue weighted by atomic mass is 10.1. The topological polar surface area (TPSA) is 72.7 Å². The molecule has 2 aromatic carbocycles. The molecule has 166 valence electrons. The highest BCUT2D eigenvalue weighted by molar-refractivity contribution is 14.0. The van der Waals surface area contributed by atoms with Crippen molar-refractivity contribution >= 4 is 29.9 Å². The zero-order valence-corrected chi connectivity index (χ0v) is 20.4. The molecule has 3 rings (SSSR count). The molecule has 0 saturated heterocycles. The molecule has 1 aromatic heterocycles. The van der Waals surface area contributed by atoms with Crippen LogP contribution in [0.25, 0.3) is 0 Å². The standard InChI is InChI=1S/C23H29N5O2.HI/c1-18(30-22-10-5-9-21(14-22)29-3)15-25-23(24-2)26-16-19-7-4-8-20(13-19)17-28-12-6-11-27-28;/h4-14,18H,15-17H2,1-3H3,(H2,24,25,26);1H. The van der Waals surface area contributed by atoms with Crippen LogP contribution in [0.2, 0.25) is 0 Å². The van der Waals surface area contributed by atoms with Crippen molar-refractivity contribution < 1.29 is 9.47 Å². The number of methoxy groups -OCH3 is 1. The second-order valence-corrected chi connectivity index (χ2v) is 6.94. The zero-order valence-electron chi connectivity index (χ0n) is 18.1. The molecule has 1 unspecified atom stereocenters. The highest BCUT2D eigenvalue weighted by Crippen LogP contribution is 2.19. The molecule has 0 bridgehead atoms. The molecule has 0 aliphatic rings. The summed E-state index contributed by atoms with van der Waals surface area (Å²) in [4.78, 5) is 4.30. The summed E-state index contributed by atoms with van der Waals surface area (Å²) < 4.78 is 13.1. The average molecular weight is 535 g/mol. The van der Waals surface area contributed by atoms with Crippen molar-refractivity contribution in [3.05, 3.63) is 78.1 Å². The van der Waals surface area contributed by atoms with E-state index in [1.807, 2.05) is 48.1 Å². The number of aliphatic imine (C=N–C) groups is 1. The number of benzene rings is 2. The fourth-order valence-corrected chi connectivity index (χ4v) is 3.01. The van der Waals surface area contributed by atoms with E-state index in [9.17, 15) is 0 Å². The van der Waals surface area contributed by atoms with Gasteiger partial charge in [-0.3, -0.25) is 9.67 Å². The summed E-state index contributed by atoms with van der Waals surface area (Å²) in [7, 11) is 3.41. The smallest absolute Gasteiger partial charge is 0.191 e. The fourth-order valence-electron chi connectivity index (χ4n) is 3.01. The number of guanidine groups is 1. The summed E-state index contributed by atoms with van der Waals surface area (Å²) in [6, 6.07) is 18.0. The maximum atomic E-state index is 5.95. The van der Waals surface area contributed by atoms with Crippen molar-refractivity contribution in [2.45, 2.75) is 26.1 Å². The molecule has 31 heavy (non-hydrogen) atoms. The third kappa shape index (κ3) is 8.12. The molecular weight excluding hydrogens is 505 g/mol. The van der Waals surface area contributed by atoms with Gasteiger partial charge in [0.1, 0.15) is 17.6 Å². The third-order valence-electron chi connectivity index (χ3n) is 4.51. The van der Waals surface area contributed by atoms with E-state index in [1.165, 1.54) is 11.1 Å². The minimum Gasteiger partial charge on any atom is -0.497 e. The Kier molecular flexibility index (Phi) is 10.2.